The third-order valence-corrected chi connectivity index (χ3v) is 10.7. The molecule has 0 bridgehead atoms. The molecule has 1 aromatic heterocycles. The van der Waals surface area contributed by atoms with E-state index in [2.05, 4.69) is 5.32 Å². The topological polar surface area (TPSA) is 58.6 Å². The zero-order valence-corrected chi connectivity index (χ0v) is 20.0. The van der Waals surface area contributed by atoms with E-state index in [0.717, 1.165) is 4.88 Å². The van der Waals surface area contributed by atoms with Gasteiger partial charge in [-0.2, -0.15) is 0 Å². The van der Waals surface area contributed by atoms with Gasteiger partial charge in [-0.25, -0.2) is 4.79 Å². The first kappa shape index (κ1) is 21.8. The lowest BCUT2D eigenvalue weighted by molar-refractivity contribution is -0.150. The van der Waals surface area contributed by atoms with Gasteiger partial charge in [0, 0.05) is 15.5 Å². The fourth-order valence-electron chi connectivity index (χ4n) is 4.21. The van der Waals surface area contributed by atoms with E-state index in [1.54, 1.807) is 11.6 Å². The summed E-state index contributed by atoms with van der Waals surface area (Å²) in [6, 6.07) is 22.5. The van der Waals surface area contributed by atoms with Crippen LogP contribution in [0.5, 0.6) is 0 Å². The first-order valence-corrected chi connectivity index (χ1v) is 12.7. The molecule has 1 N–H and O–H groups in total. The van der Waals surface area contributed by atoms with Crippen molar-refractivity contribution < 1.29 is 14.1 Å². The maximum Gasteiger partial charge on any atom is 0.334 e. The Balaban J connectivity index is 2.06. The fraction of sp³-hybridized carbons (Fsp3) is 0.217. The Bertz CT molecular complexity index is 1110. The molecule has 1 aliphatic rings. The van der Waals surface area contributed by atoms with Crippen molar-refractivity contribution in [2.75, 3.05) is 7.11 Å². The van der Waals surface area contributed by atoms with Crippen molar-refractivity contribution in [2.45, 2.75) is 24.9 Å². The van der Waals surface area contributed by atoms with Crippen molar-refractivity contribution >= 4 is 52.5 Å². The molecule has 3 aromatic rings. The SMILES string of the molecule is COC(=O)[C@@]1(C)NC(=S)N(P(=O)(c2ccccc2)c2ccccc2)[C@]1(C)c1cccs1. The number of thiocarbonyl (C=S) groups is 1. The third kappa shape index (κ3) is 3.06. The normalized spacial score (nSPS) is 23.5. The lowest BCUT2D eigenvalue weighted by atomic mass is 9.80. The summed E-state index contributed by atoms with van der Waals surface area (Å²) in [6.45, 7) is 3.66. The zero-order chi connectivity index (χ0) is 22.3. The van der Waals surface area contributed by atoms with Crippen LogP contribution in [0.15, 0.2) is 78.2 Å². The molecule has 1 fully saturated rings. The molecule has 2 heterocycles. The molecule has 4 rings (SSSR count). The molecule has 1 aliphatic heterocycles. The van der Waals surface area contributed by atoms with E-state index in [1.807, 2.05) is 85.1 Å². The minimum atomic E-state index is -3.49. The molecule has 31 heavy (non-hydrogen) atoms. The molecular formula is C23H23N2O3PS2. The second kappa shape index (κ2) is 7.90. The smallest absolute Gasteiger partial charge is 0.334 e. The monoisotopic (exact) mass is 470 g/mol. The molecule has 0 unspecified atom stereocenters. The van der Waals surface area contributed by atoms with E-state index in [9.17, 15) is 4.79 Å². The Morgan fingerprint density at radius 2 is 1.55 bits per heavy atom. The van der Waals surface area contributed by atoms with Crippen LogP contribution in [-0.2, 0) is 19.6 Å². The molecule has 0 aliphatic carbocycles. The molecule has 0 spiro atoms. The highest BCUT2D eigenvalue weighted by Crippen LogP contribution is 2.60. The summed E-state index contributed by atoms with van der Waals surface area (Å²) in [5.41, 5.74) is -2.31. The van der Waals surface area contributed by atoms with Crippen LogP contribution < -0.4 is 15.9 Å². The van der Waals surface area contributed by atoms with Crippen LogP contribution in [0.1, 0.15) is 18.7 Å². The number of ether oxygens (including phenoxy) is 1. The molecule has 160 valence electrons. The molecule has 0 amide bonds. The highest BCUT2D eigenvalue weighted by molar-refractivity contribution is 7.83. The van der Waals surface area contributed by atoms with E-state index in [4.69, 9.17) is 17.0 Å². The number of thiophene rings is 1. The molecule has 2 atom stereocenters. The Hall–Kier alpha value is -2.47. The lowest BCUT2D eigenvalue weighted by Gasteiger charge is -2.45. The van der Waals surface area contributed by atoms with Crippen molar-refractivity contribution in [3.63, 3.8) is 0 Å². The highest BCUT2D eigenvalue weighted by atomic mass is 32.1. The quantitative estimate of drug-likeness (QED) is 0.345. The van der Waals surface area contributed by atoms with Gasteiger partial charge in [-0.1, -0.05) is 42.5 Å². The van der Waals surface area contributed by atoms with Crippen LogP contribution >= 0.6 is 30.8 Å². The second-order valence-electron chi connectivity index (χ2n) is 7.66. The summed E-state index contributed by atoms with van der Waals surface area (Å²) in [4.78, 5) is 13.9. The van der Waals surface area contributed by atoms with Gasteiger partial charge in [0.15, 0.2) is 10.7 Å². The predicted molar refractivity (Wildman–Crippen MR) is 129 cm³/mol. The molecule has 1 saturated heterocycles. The standard InChI is InChI=1S/C23H23N2O3PS2/c1-22(20(26)28-3)23(2,19-15-10-16-31-19)25(21(30)24-22)29(27,17-11-6-4-7-12-17)18-13-8-5-9-14-18/h4-16H,1-3H3,(H,24,30)/t22-,23-/m1/s1. The number of hydrogen-bond acceptors (Lipinski definition) is 5. The number of rotatable bonds is 5. The van der Waals surface area contributed by atoms with Crippen molar-refractivity contribution in [2.24, 2.45) is 0 Å². The summed E-state index contributed by atoms with van der Waals surface area (Å²) in [7, 11) is -2.14. The Kier molecular flexibility index (Phi) is 5.54. The summed E-state index contributed by atoms with van der Waals surface area (Å²) < 4.78 is 22.1. The highest BCUT2D eigenvalue weighted by Gasteiger charge is 2.66. The van der Waals surface area contributed by atoms with Crippen molar-refractivity contribution in [3.8, 4) is 0 Å². The van der Waals surface area contributed by atoms with Crippen molar-refractivity contribution in [1.29, 1.82) is 0 Å². The first-order chi connectivity index (χ1) is 14.8. The molecular weight excluding hydrogens is 447 g/mol. The number of nitrogens with zero attached hydrogens (tertiary/aromatic N) is 1. The van der Waals surface area contributed by atoms with E-state index >= 15 is 4.57 Å². The van der Waals surface area contributed by atoms with Gasteiger partial charge in [0.25, 0.3) is 0 Å². The van der Waals surface area contributed by atoms with Gasteiger partial charge >= 0.3 is 5.97 Å². The molecule has 8 heteroatoms. The van der Waals surface area contributed by atoms with Crippen LogP contribution in [0.3, 0.4) is 0 Å². The van der Waals surface area contributed by atoms with E-state index in [1.165, 1.54) is 18.4 Å². The molecule has 0 radical (unpaired) electrons. The van der Waals surface area contributed by atoms with E-state index < -0.39 is 24.3 Å². The van der Waals surface area contributed by atoms with Gasteiger partial charge < -0.3 is 10.1 Å². The zero-order valence-electron chi connectivity index (χ0n) is 17.4. The van der Waals surface area contributed by atoms with Gasteiger partial charge in [0.05, 0.1) is 7.11 Å². The first-order valence-electron chi connectivity index (χ1n) is 9.76. The maximum atomic E-state index is 15.2. The number of esters is 1. The van der Waals surface area contributed by atoms with Gasteiger partial charge in [-0.05, 0) is 61.8 Å². The van der Waals surface area contributed by atoms with Crippen molar-refractivity contribution in [1.82, 2.24) is 9.99 Å². The van der Waals surface area contributed by atoms with E-state index in [-0.39, 0.29) is 5.11 Å². The summed E-state index contributed by atoms with van der Waals surface area (Å²) in [6.07, 6.45) is 0. The van der Waals surface area contributed by atoms with Gasteiger partial charge in [-0.15, -0.1) is 11.3 Å². The predicted octanol–water partition coefficient (Wildman–Crippen LogP) is 4.01. The van der Waals surface area contributed by atoms with Crippen LogP contribution in [0.4, 0.5) is 0 Å². The number of benzene rings is 2. The summed E-state index contributed by atoms with van der Waals surface area (Å²) in [5.74, 6) is -0.471. The number of hydrogen-bond donors (Lipinski definition) is 1. The lowest BCUT2D eigenvalue weighted by Crippen LogP contribution is -2.60. The van der Waals surface area contributed by atoms with Gasteiger partial charge in [0.2, 0.25) is 7.29 Å². The number of carbonyl (C=O) groups is 1. The number of carbonyl (C=O) groups excluding carboxylic acids is 1. The Labute approximate surface area is 191 Å². The largest absolute Gasteiger partial charge is 0.467 e. The van der Waals surface area contributed by atoms with E-state index in [0.29, 0.717) is 10.6 Å². The average Bonchev–Trinajstić information content (AvgIpc) is 3.41. The molecule has 2 aromatic carbocycles. The fourth-order valence-corrected chi connectivity index (χ4v) is 9.09. The average molecular weight is 471 g/mol. The minimum Gasteiger partial charge on any atom is -0.467 e. The maximum absolute atomic E-state index is 15.2. The minimum absolute atomic E-state index is 0.250. The van der Waals surface area contributed by atoms with Gasteiger partial charge in [0.1, 0.15) is 5.54 Å². The van der Waals surface area contributed by atoms with Crippen LogP contribution in [0.25, 0.3) is 0 Å². The van der Waals surface area contributed by atoms with Gasteiger partial charge in [-0.3, -0.25) is 9.24 Å². The summed E-state index contributed by atoms with van der Waals surface area (Å²) in [5, 5.41) is 6.64. The Morgan fingerprint density at radius 1 is 1.00 bits per heavy atom. The molecule has 0 saturated carbocycles. The molecule has 5 nitrogen and oxygen atoms in total. The van der Waals surface area contributed by atoms with Crippen molar-refractivity contribution in [3.05, 3.63) is 83.1 Å². The van der Waals surface area contributed by atoms with Crippen LogP contribution in [-0.4, -0.2) is 28.4 Å². The van der Waals surface area contributed by atoms with Crippen LogP contribution in [0.2, 0.25) is 0 Å². The van der Waals surface area contributed by atoms with Crippen LogP contribution in [0, 0.1) is 0 Å². The number of nitrogens with one attached hydrogen (secondary N) is 1. The number of methoxy groups -OCH3 is 1. The summed E-state index contributed by atoms with van der Waals surface area (Å²) >= 11 is 7.26. The third-order valence-electron chi connectivity index (χ3n) is 6.04. The second-order valence-corrected chi connectivity index (χ2v) is 11.6. The Morgan fingerprint density at radius 3 is 2.00 bits per heavy atom.